The fourth-order valence-corrected chi connectivity index (χ4v) is 3.41. The number of carbonyl (C=O) groups is 2. The number of hydrogen-bond donors (Lipinski definition) is 1. The molecule has 3 rings (SSSR count). The zero-order chi connectivity index (χ0) is 16.2. The minimum atomic E-state index is -0.415. The standard InChI is InChI=1S/C16H20N4O2S/c1-2-4-15(21)19-9-12-7-17-11-20(12)14(10-19)16(22)18-8-13-5-3-6-23-13/h3,5-7,11,14H,2,4,8-10H2,1H3,(H,18,22). The summed E-state index contributed by atoms with van der Waals surface area (Å²) in [6, 6.07) is 3.54. The van der Waals surface area contributed by atoms with Crippen LogP contribution in [0.1, 0.15) is 36.4 Å². The van der Waals surface area contributed by atoms with E-state index >= 15 is 0 Å². The smallest absolute Gasteiger partial charge is 0.245 e. The average Bonchev–Trinajstić information content (AvgIpc) is 3.22. The van der Waals surface area contributed by atoms with Gasteiger partial charge in [0.1, 0.15) is 6.04 Å². The molecule has 0 saturated carbocycles. The molecule has 23 heavy (non-hydrogen) atoms. The molecular formula is C16H20N4O2S. The monoisotopic (exact) mass is 332 g/mol. The number of carbonyl (C=O) groups excluding carboxylic acids is 2. The number of hydrogen-bond acceptors (Lipinski definition) is 4. The number of amides is 2. The van der Waals surface area contributed by atoms with Crippen LogP contribution in [-0.4, -0.2) is 32.8 Å². The maximum atomic E-state index is 12.6. The Bertz CT molecular complexity index is 680. The van der Waals surface area contributed by atoms with Gasteiger partial charge >= 0.3 is 0 Å². The van der Waals surface area contributed by atoms with E-state index < -0.39 is 6.04 Å². The molecule has 7 heteroatoms. The van der Waals surface area contributed by atoms with E-state index in [4.69, 9.17) is 0 Å². The van der Waals surface area contributed by atoms with Crippen molar-refractivity contribution >= 4 is 23.2 Å². The Morgan fingerprint density at radius 1 is 1.48 bits per heavy atom. The minimum absolute atomic E-state index is 0.0772. The van der Waals surface area contributed by atoms with Crippen molar-refractivity contribution in [2.24, 2.45) is 0 Å². The van der Waals surface area contributed by atoms with Crippen LogP contribution in [0.5, 0.6) is 0 Å². The Morgan fingerprint density at radius 2 is 2.35 bits per heavy atom. The zero-order valence-electron chi connectivity index (χ0n) is 13.1. The second-order valence-corrected chi connectivity index (χ2v) is 6.66. The van der Waals surface area contributed by atoms with Crippen LogP contribution >= 0.6 is 11.3 Å². The van der Waals surface area contributed by atoms with Gasteiger partial charge in [0.15, 0.2) is 0 Å². The van der Waals surface area contributed by atoms with E-state index in [9.17, 15) is 9.59 Å². The summed E-state index contributed by atoms with van der Waals surface area (Å²) in [4.78, 5) is 31.8. The lowest BCUT2D eigenvalue weighted by atomic mass is 10.1. The maximum Gasteiger partial charge on any atom is 0.245 e. The van der Waals surface area contributed by atoms with Gasteiger partial charge in [-0.2, -0.15) is 0 Å². The highest BCUT2D eigenvalue weighted by molar-refractivity contribution is 7.09. The third kappa shape index (κ3) is 3.44. The number of fused-ring (bicyclic) bond motifs is 1. The van der Waals surface area contributed by atoms with Gasteiger partial charge in [0, 0.05) is 17.5 Å². The predicted octanol–water partition coefficient (Wildman–Crippen LogP) is 1.94. The van der Waals surface area contributed by atoms with Crippen molar-refractivity contribution in [1.29, 1.82) is 0 Å². The van der Waals surface area contributed by atoms with Crippen molar-refractivity contribution < 1.29 is 9.59 Å². The molecule has 0 fully saturated rings. The summed E-state index contributed by atoms with van der Waals surface area (Å²) in [5, 5.41) is 4.95. The Labute approximate surface area is 139 Å². The van der Waals surface area contributed by atoms with Gasteiger partial charge in [-0.25, -0.2) is 4.98 Å². The van der Waals surface area contributed by atoms with Gasteiger partial charge in [0.05, 0.1) is 31.7 Å². The van der Waals surface area contributed by atoms with Gasteiger partial charge in [-0.3, -0.25) is 9.59 Å². The van der Waals surface area contributed by atoms with Gasteiger partial charge in [0.25, 0.3) is 0 Å². The lowest BCUT2D eigenvalue weighted by Gasteiger charge is -2.33. The molecule has 122 valence electrons. The van der Waals surface area contributed by atoms with E-state index in [1.54, 1.807) is 28.8 Å². The molecule has 0 radical (unpaired) electrons. The van der Waals surface area contributed by atoms with Crippen molar-refractivity contribution in [3.05, 3.63) is 40.6 Å². The fraction of sp³-hybridized carbons (Fsp3) is 0.438. The first-order chi connectivity index (χ1) is 11.2. The first kappa shape index (κ1) is 15.7. The predicted molar refractivity (Wildman–Crippen MR) is 87.8 cm³/mol. The summed E-state index contributed by atoms with van der Waals surface area (Å²) in [7, 11) is 0. The summed E-state index contributed by atoms with van der Waals surface area (Å²) in [6.45, 7) is 3.42. The third-order valence-corrected chi connectivity index (χ3v) is 4.84. The highest BCUT2D eigenvalue weighted by atomic mass is 32.1. The first-order valence-corrected chi connectivity index (χ1v) is 8.65. The van der Waals surface area contributed by atoms with E-state index in [-0.39, 0.29) is 11.8 Å². The number of thiophene rings is 1. The lowest BCUT2D eigenvalue weighted by molar-refractivity contribution is -0.135. The zero-order valence-corrected chi connectivity index (χ0v) is 13.9. The third-order valence-electron chi connectivity index (χ3n) is 3.96. The van der Waals surface area contributed by atoms with Gasteiger partial charge in [-0.05, 0) is 17.9 Å². The molecule has 1 aliphatic heterocycles. The van der Waals surface area contributed by atoms with Crippen LogP contribution in [0.25, 0.3) is 0 Å². The van der Waals surface area contributed by atoms with Crippen molar-refractivity contribution in [2.45, 2.75) is 38.9 Å². The number of nitrogens with zero attached hydrogens (tertiary/aromatic N) is 3. The lowest BCUT2D eigenvalue weighted by Crippen LogP contribution is -2.46. The van der Waals surface area contributed by atoms with E-state index in [2.05, 4.69) is 10.3 Å². The molecule has 2 aromatic heterocycles. The molecule has 0 spiro atoms. The van der Waals surface area contributed by atoms with Crippen LogP contribution in [0.2, 0.25) is 0 Å². The summed E-state index contributed by atoms with van der Waals surface area (Å²) < 4.78 is 1.87. The molecule has 0 saturated heterocycles. The van der Waals surface area contributed by atoms with Crippen molar-refractivity contribution in [3.8, 4) is 0 Å². The topological polar surface area (TPSA) is 67.2 Å². The summed E-state index contributed by atoms with van der Waals surface area (Å²) >= 11 is 1.61. The van der Waals surface area contributed by atoms with E-state index in [0.717, 1.165) is 17.0 Å². The second kappa shape index (κ2) is 6.95. The highest BCUT2D eigenvalue weighted by Crippen LogP contribution is 2.22. The molecule has 1 N–H and O–H groups in total. The largest absolute Gasteiger partial charge is 0.349 e. The summed E-state index contributed by atoms with van der Waals surface area (Å²) in [6.07, 6.45) is 4.72. The maximum absolute atomic E-state index is 12.6. The first-order valence-electron chi connectivity index (χ1n) is 7.77. The van der Waals surface area contributed by atoms with Gasteiger partial charge in [-0.1, -0.05) is 13.0 Å². The Balaban J connectivity index is 1.72. The number of nitrogens with one attached hydrogen (secondary N) is 1. The van der Waals surface area contributed by atoms with E-state index in [0.29, 0.717) is 26.1 Å². The summed E-state index contributed by atoms with van der Waals surface area (Å²) in [5.74, 6) is 0.0163. The molecule has 1 atom stereocenters. The van der Waals surface area contributed by atoms with Crippen LogP contribution in [0, 0.1) is 0 Å². The van der Waals surface area contributed by atoms with Gasteiger partial charge in [0.2, 0.25) is 11.8 Å². The Morgan fingerprint density at radius 3 is 3.09 bits per heavy atom. The normalized spacial score (nSPS) is 16.9. The average molecular weight is 332 g/mol. The van der Waals surface area contributed by atoms with Gasteiger partial charge in [-0.15, -0.1) is 11.3 Å². The van der Waals surface area contributed by atoms with Crippen LogP contribution in [0.3, 0.4) is 0 Å². The molecule has 3 heterocycles. The SMILES string of the molecule is CCCC(=O)N1Cc2cncn2C(C(=O)NCc2cccs2)C1. The van der Waals surface area contributed by atoms with Crippen molar-refractivity contribution in [2.75, 3.05) is 6.54 Å². The molecular weight excluding hydrogens is 312 g/mol. The Hall–Kier alpha value is -2.15. The Kier molecular flexibility index (Phi) is 4.76. The molecule has 1 unspecified atom stereocenters. The van der Waals surface area contributed by atoms with Crippen molar-refractivity contribution in [1.82, 2.24) is 19.8 Å². The van der Waals surface area contributed by atoms with Crippen molar-refractivity contribution in [3.63, 3.8) is 0 Å². The minimum Gasteiger partial charge on any atom is -0.349 e. The van der Waals surface area contributed by atoms with E-state index in [1.165, 1.54) is 0 Å². The fourth-order valence-electron chi connectivity index (χ4n) is 2.77. The molecule has 0 aliphatic carbocycles. The summed E-state index contributed by atoms with van der Waals surface area (Å²) in [5.41, 5.74) is 0.900. The van der Waals surface area contributed by atoms with Gasteiger partial charge < -0.3 is 14.8 Å². The molecule has 1 aliphatic rings. The quantitative estimate of drug-likeness (QED) is 0.910. The van der Waals surface area contributed by atoms with Crippen LogP contribution < -0.4 is 5.32 Å². The molecule has 0 aromatic carbocycles. The molecule has 2 amide bonds. The number of rotatable bonds is 5. The van der Waals surface area contributed by atoms with E-state index in [1.807, 2.05) is 29.0 Å². The highest BCUT2D eigenvalue weighted by Gasteiger charge is 2.31. The number of imidazole rings is 1. The molecule has 6 nitrogen and oxygen atoms in total. The number of aromatic nitrogens is 2. The molecule has 2 aromatic rings. The van der Waals surface area contributed by atoms with Crippen LogP contribution in [0.4, 0.5) is 0 Å². The van der Waals surface area contributed by atoms with Crippen LogP contribution in [0.15, 0.2) is 30.0 Å². The molecule has 0 bridgehead atoms. The second-order valence-electron chi connectivity index (χ2n) is 5.63. The van der Waals surface area contributed by atoms with Crippen LogP contribution in [-0.2, 0) is 22.7 Å².